The van der Waals surface area contributed by atoms with Crippen molar-refractivity contribution in [3.8, 4) is 0 Å². The Morgan fingerprint density at radius 1 is 1.22 bits per heavy atom. The van der Waals surface area contributed by atoms with Gasteiger partial charge in [-0.15, -0.1) is 5.10 Å². The number of aliphatic carboxylic acids is 1. The summed E-state index contributed by atoms with van der Waals surface area (Å²) in [6.07, 6.45) is -5.92. The van der Waals surface area contributed by atoms with Crippen LogP contribution in [0.3, 0.4) is 0 Å². The molecule has 0 unspecified atom stereocenters. The highest BCUT2D eigenvalue weighted by Gasteiger charge is 2.63. The van der Waals surface area contributed by atoms with Gasteiger partial charge in [-0.3, -0.25) is 0 Å². The molecule has 1 rings (SSSR count). The molecule has 0 aromatic carbocycles. The number of hydrogen-bond donors (Lipinski definition) is 1. The number of carbonyl (C=O) groups is 1. The summed E-state index contributed by atoms with van der Waals surface area (Å²) in [5.41, 5.74) is -2.15. The van der Waals surface area contributed by atoms with Crippen molar-refractivity contribution < 1.29 is 31.9 Å². The van der Waals surface area contributed by atoms with Crippen LogP contribution in [0.15, 0.2) is 0 Å². The van der Waals surface area contributed by atoms with Gasteiger partial charge in [-0.05, 0) is 24.3 Å². The van der Waals surface area contributed by atoms with Crippen molar-refractivity contribution in [3.05, 3.63) is 5.82 Å². The standard InChI is InChI=1S/C7H7F5N4O2/c1-5(2,4(17)18)16-3(13-14-15-16)6(8,9)7(10,11)12/h1-2H3,(H,17,18). The van der Waals surface area contributed by atoms with Crippen molar-refractivity contribution in [1.82, 2.24) is 20.2 Å². The van der Waals surface area contributed by atoms with E-state index < -0.39 is 29.4 Å². The van der Waals surface area contributed by atoms with Gasteiger partial charge in [0.2, 0.25) is 5.82 Å². The molecular formula is C7H7F5N4O2. The van der Waals surface area contributed by atoms with Gasteiger partial charge in [-0.1, -0.05) is 0 Å². The van der Waals surface area contributed by atoms with E-state index in [4.69, 9.17) is 5.11 Å². The first-order chi connectivity index (χ1) is 7.92. The van der Waals surface area contributed by atoms with E-state index >= 15 is 0 Å². The number of nitrogens with zero attached hydrogens (tertiary/aromatic N) is 4. The number of alkyl halides is 5. The minimum Gasteiger partial charge on any atom is -0.479 e. The normalized spacial score (nSPS) is 13.7. The largest absolute Gasteiger partial charge is 0.479 e. The summed E-state index contributed by atoms with van der Waals surface area (Å²) >= 11 is 0. The summed E-state index contributed by atoms with van der Waals surface area (Å²) in [6.45, 7) is 1.78. The van der Waals surface area contributed by atoms with E-state index in [0.29, 0.717) is 0 Å². The molecule has 0 atom stereocenters. The van der Waals surface area contributed by atoms with Gasteiger partial charge in [-0.2, -0.15) is 22.0 Å². The van der Waals surface area contributed by atoms with Crippen molar-refractivity contribution in [2.75, 3.05) is 0 Å². The lowest BCUT2D eigenvalue weighted by atomic mass is 10.1. The van der Waals surface area contributed by atoms with Crippen molar-refractivity contribution in [2.45, 2.75) is 31.5 Å². The van der Waals surface area contributed by atoms with E-state index in [0.717, 1.165) is 13.8 Å². The van der Waals surface area contributed by atoms with Gasteiger partial charge in [-0.25, -0.2) is 9.48 Å². The predicted octanol–water partition coefficient (Wildman–Crippen LogP) is 1.15. The zero-order valence-corrected chi connectivity index (χ0v) is 9.03. The molecule has 18 heavy (non-hydrogen) atoms. The molecule has 0 amide bonds. The van der Waals surface area contributed by atoms with Crippen LogP contribution < -0.4 is 0 Å². The minimum atomic E-state index is -5.92. The van der Waals surface area contributed by atoms with Crippen LogP contribution in [0.2, 0.25) is 0 Å². The molecule has 0 saturated carbocycles. The van der Waals surface area contributed by atoms with Crippen LogP contribution in [0.25, 0.3) is 0 Å². The molecule has 11 heteroatoms. The van der Waals surface area contributed by atoms with E-state index in [9.17, 15) is 26.7 Å². The van der Waals surface area contributed by atoms with E-state index in [1.807, 2.05) is 0 Å². The number of halogens is 5. The Morgan fingerprint density at radius 2 is 1.72 bits per heavy atom. The maximum Gasteiger partial charge on any atom is 0.461 e. The fourth-order valence-corrected chi connectivity index (χ4v) is 0.977. The molecule has 0 saturated heterocycles. The second-order valence-electron chi connectivity index (χ2n) is 3.85. The molecule has 1 aromatic rings. The van der Waals surface area contributed by atoms with Gasteiger partial charge in [0.05, 0.1) is 0 Å². The van der Waals surface area contributed by atoms with Crippen LogP contribution in [-0.4, -0.2) is 37.5 Å². The highest BCUT2D eigenvalue weighted by Crippen LogP contribution is 2.43. The van der Waals surface area contributed by atoms with E-state index in [1.54, 1.807) is 0 Å². The van der Waals surface area contributed by atoms with Crippen LogP contribution in [0.5, 0.6) is 0 Å². The highest BCUT2D eigenvalue weighted by molar-refractivity contribution is 5.75. The number of tetrazole rings is 1. The van der Waals surface area contributed by atoms with Crippen molar-refractivity contribution in [3.63, 3.8) is 0 Å². The van der Waals surface area contributed by atoms with Crippen LogP contribution >= 0.6 is 0 Å². The molecule has 102 valence electrons. The maximum absolute atomic E-state index is 13.1. The highest BCUT2D eigenvalue weighted by atomic mass is 19.4. The first-order valence-corrected chi connectivity index (χ1v) is 4.39. The summed E-state index contributed by atoms with van der Waals surface area (Å²) in [4.78, 5) is 10.8. The Bertz CT molecular complexity index is 467. The van der Waals surface area contributed by atoms with E-state index in [-0.39, 0.29) is 4.68 Å². The lowest BCUT2D eigenvalue weighted by molar-refractivity contribution is -0.294. The Hall–Kier alpha value is -1.81. The number of rotatable bonds is 3. The molecule has 0 aliphatic rings. The number of carboxylic acids is 1. The number of carboxylic acid groups (broad SMARTS) is 1. The van der Waals surface area contributed by atoms with E-state index in [1.165, 1.54) is 0 Å². The number of hydrogen-bond acceptors (Lipinski definition) is 4. The van der Waals surface area contributed by atoms with Crippen LogP contribution in [0.1, 0.15) is 19.7 Å². The van der Waals surface area contributed by atoms with Crippen LogP contribution in [-0.2, 0) is 16.3 Å². The fraction of sp³-hybridized carbons (Fsp3) is 0.714. The summed E-state index contributed by atoms with van der Waals surface area (Å²) in [7, 11) is 0. The Kier molecular flexibility index (Phi) is 3.05. The van der Waals surface area contributed by atoms with Gasteiger partial charge < -0.3 is 5.11 Å². The van der Waals surface area contributed by atoms with Gasteiger partial charge in [0.15, 0.2) is 5.54 Å². The third kappa shape index (κ3) is 1.99. The van der Waals surface area contributed by atoms with Crippen LogP contribution in [0, 0.1) is 0 Å². The predicted molar refractivity (Wildman–Crippen MR) is 44.7 cm³/mol. The average molecular weight is 274 g/mol. The van der Waals surface area contributed by atoms with Gasteiger partial charge >= 0.3 is 18.1 Å². The molecule has 6 nitrogen and oxygen atoms in total. The average Bonchev–Trinajstić information content (AvgIpc) is 2.64. The van der Waals surface area contributed by atoms with Gasteiger partial charge in [0.1, 0.15) is 0 Å². The number of aromatic nitrogens is 4. The third-order valence-corrected chi connectivity index (χ3v) is 2.16. The molecule has 1 N–H and O–H groups in total. The Balaban J connectivity index is 3.40. The maximum atomic E-state index is 13.1. The van der Waals surface area contributed by atoms with Crippen LogP contribution in [0.4, 0.5) is 22.0 Å². The molecule has 0 bridgehead atoms. The smallest absolute Gasteiger partial charge is 0.461 e. The minimum absolute atomic E-state index is 0.0666. The second kappa shape index (κ2) is 3.85. The molecule has 0 spiro atoms. The molecule has 1 heterocycles. The van der Waals surface area contributed by atoms with E-state index in [2.05, 4.69) is 15.5 Å². The topological polar surface area (TPSA) is 80.9 Å². The fourth-order valence-electron chi connectivity index (χ4n) is 0.977. The first kappa shape index (κ1) is 14.3. The quantitative estimate of drug-likeness (QED) is 0.836. The molecule has 0 fully saturated rings. The monoisotopic (exact) mass is 274 g/mol. The van der Waals surface area contributed by atoms with Gasteiger partial charge in [0.25, 0.3) is 0 Å². The zero-order valence-electron chi connectivity index (χ0n) is 9.03. The molecular weight excluding hydrogens is 267 g/mol. The molecule has 1 aromatic heterocycles. The van der Waals surface area contributed by atoms with Crippen molar-refractivity contribution in [1.29, 1.82) is 0 Å². The first-order valence-electron chi connectivity index (χ1n) is 4.39. The molecule has 0 aliphatic carbocycles. The summed E-state index contributed by atoms with van der Waals surface area (Å²) in [5, 5.41) is 16.9. The zero-order chi connectivity index (χ0) is 14.4. The lowest BCUT2D eigenvalue weighted by Crippen LogP contribution is -2.44. The Morgan fingerprint density at radius 3 is 2.11 bits per heavy atom. The summed E-state index contributed by atoms with van der Waals surface area (Å²) < 4.78 is 62.6. The SMILES string of the molecule is CC(C)(C(=O)O)n1nnnc1C(F)(F)C(F)(F)F. The lowest BCUT2D eigenvalue weighted by Gasteiger charge is -2.24. The van der Waals surface area contributed by atoms with Crippen molar-refractivity contribution in [2.24, 2.45) is 0 Å². The van der Waals surface area contributed by atoms with Gasteiger partial charge in [0, 0.05) is 0 Å². The third-order valence-electron chi connectivity index (χ3n) is 2.16. The summed E-state index contributed by atoms with van der Waals surface area (Å²) in [5.74, 6) is -8.88. The second-order valence-corrected chi connectivity index (χ2v) is 3.85. The Labute approximate surface area is 96.4 Å². The molecule has 0 radical (unpaired) electrons. The summed E-state index contributed by atoms with van der Waals surface area (Å²) in [6, 6.07) is 0. The van der Waals surface area contributed by atoms with Crippen molar-refractivity contribution >= 4 is 5.97 Å². The molecule has 0 aliphatic heterocycles.